The van der Waals surface area contributed by atoms with Crippen LogP contribution in [0.5, 0.6) is 0 Å². The van der Waals surface area contributed by atoms with E-state index in [4.69, 9.17) is 14.2 Å². The molecule has 1 N–H and O–H groups in total. The van der Waals surface area contributed by atoms with Gasteiger partial charge in [-0.05, 0) is 59.6 Å². The Morgan fingerprint density at radius 3 is 2.15 bits per heavy atom. The van der Waals surface area contributed by atoms with Crippen molar-refractivity contribution >= 4 is 12.1 Å². The fourth-order valence-electron chi connectivity index (χ4n) is 2.39. The summed E-state index contributed by atoms with van der Waals surface area (Å²) in [7, 11) is 0. The molecule has 27 heavy (non-hydrogen) atoms. The summed E-state index contributed by atoms with van der Waals surface area (Å²) in [6.07, 6.45) is -0.351. The third kappa shape index (κ3) is 9.99. The van der Waals surface area contributed by atoms with Gasteiger partial charge in [0.25, 0.3) is 0 Å². The molecule has 1 atom stereocenters. The molecule has 0 saturated heterocycles. The lowest BCUT2D eigenvalue weighted by atomic mass is 10.0. The number of carbonyl (C=O) groups is 2. The maximum atomic E-state index is 12.2. The van der Waals surface area contributed by atoms with Crippen LogP contribution < -0.4 is 5.32 Å². The van der Waals surface area contributed by atoms with Crippen molar-refractivity contribution in [3.05, 3.63) is 35.4 Å². The highest BCUT2D eigenvalue weighted by Crippen LogP contribution is 2.19. The quantitative estimate of drug-likeness (QED) is 0.564. The van der Waals surface area contributed by atoms with Gasteiger partial charge < -0.3 is 19.5 Å². The molecule has 1 unspecified atom stereocenters. The Hall–Kier alpha value is -2.08. The first-order valence-electron chi connectivity index (χ1n) is 9.22. The van der Waals surface area contributed by atoms with E-state index in [9.17, 15) is 9.59 Å². The van der Waals surface area contributed by atoms with E-state index >= 15 is 0 Å². The summed E-state index contributed by atoms with van der Waals surface area (Å²) in [5, 5.41) is 2.85. The van der Waals surface area contributed by atoms with Crippen LogP contribution in [0, 0.1) is 6.92 Å². The molecule has 0 aliphatic carbocycles. The summed E-state index contributed by atoms with van der Waals surface area (Å²) >= 11 is 0. The van der Waals surface area contributed by atoms with Crippen molar-refractivity contribution in [1.29, 1.82) is 0 Å². The number of hydrogen-bond acceptors (Lipinski definition) is 5. The van der Waals surface area contributed by atoms with Gasteiger partial charge in [0, 0.05) is 0 Å². The minimum Gasteiger partial charge on any atom is -0.460 e. The van der Waals surface area contributed by atoms with Gasteiger partial charge in [0.1, 0.15) is 11.2 Å². The zero-order valence-electron chi connectivity index (χ0n) is 17.5. The lowest BCUT2D eigenvalue weighted by Crippen LogP contribution is -2.37. The van der Waals surface area contributed by atoms with Gasteiger partial charge in [-0.15, -0.1) is 0 Å². The molecule has 0 aliphatic rings. The number of esters is 1. The minimum atomic E-state index is -0.585. The molecule has 1 rings (SSSR count). The number of carbonyl (C=O) groups excluding carboxylic acids is 2. The van der Waals surface area contributed by atoms with Crippen LogP contribution in [-0.4, -0.2) is 36.5 Å². The predicted molar refractivity (Wildman–Crippen MR) is 105 cm³/mol. The van der Waals surface area contributed by atoms with Crippen LogP contribution in [0.4, 0.5) is 4.79 Å². The molecule has 6 nitrogen and oxygen atoms in total. The highest BCUT2D eigenvalue weighted by Gasteiger charge is 2.22. The normalized spacial score (nSPS) is 13.0. The smallest absolute Gasteiger partial charge is 0.408 e. The third-order valence-electron chi connectivity index (χ3n) is 3.41. The van der Waals surface area contributed by atoms with Gasteiger partial charge in [0.2, 0.25) is 0 Å². The predicted octanol–water partition coefficient (Wildman–Crippen LogP) is 4.31. The summed E-state index contributed by atoms with van der Waals surface area (Å²) < 4.78 is 16.3. The summed E-state index contributed by atoms with van der Waals surface area (Å²) in [5.41, 5.74) is 0.881. The van der Waals surface area contributed by atoms with Crippen LogP contribution >= 0.6 is 0 Å². The van der Waals surface area contributed by atoms with E-state index in [0.717, 1.165) is 11.1 Å². The van der Waals surface area contributed by atoms with E-state index in [1.165, 1.54) is 0 Å². The van der Waals surface area contributed by atoms with Gasteiger partial charge in [-0.25, -0.2) is 4.79 Å². The van der Waals surface area contributed by atoms with Gasteiger partial charge >= 0.3 is 12.1 Å². The summed E-state index contributed by atoms with van der Waals surface area (Å²) in [5.74, 6) is -0.310. The van der Waals surface area contributed by atoms with Gasteiger partial charge in [0.15, 0.2) is 0 Å². The minimum absolute atomic E-state index is 0.157. The molecule has 0 heterocycles. The number of benzene rings is 1. The van der Waals surface area contributed by atoms with Gasteiger partial charge in [0.05, 0.1) is 25.7 Å². The maximum absolute atomic E-state index is 12.2. The summed E-state index contributed by atoms with van der Waals surface area (Å²) in [4.78, 5) is 24.0. The number of nitrogens with one attached hydrogen (secondary N) is 1. The standard InChI is InChI=1S/C21H33NO5/c1-15-10-8-9-11-16(15)17(22-19(24)27-21(5,6)7)14-25-13-12-18(23)26-20(2,3)4/h8-11,17H,12-14H2,1-7H3,(H,22,24). The number of ether oxygens (including phenoxy) is 3. The summed E-state index contributed by atoms with van der Waals surface area (Å²) in [6.45, 7) is 13.3. The molecule has 0 aromatic heterocycles. The second-order valence-electron chi connectivity index (χ2n) is 8.47. The number of alkyl carbamates (subject to hydrolysis) is 1. The average molecular weight is 379 g/mol. The van der Waals surface area contributed by atoms with Crippen LogP contribution in [-0.2, 0) is 19.0 Å². The maximum Gasteiger partial charge on any atom is 0.408 e. The molecule has 152 valence electrons. The zero-order chi connectivity index (χ0) is 20.7. The highest BCUT2D eigenvalue weighted by atomic mass is 16.6. The monoisotopic (exact) mass is 379 g/mol. The van der Waals surface area contributed by atoms with Crippen molar-refractivity contribution in [3.8, 4) is 0 Å². The molecular weight excluding hydrogens is 346 g/mol. The molecule has 0 bridgehead atoms. The van der Waals surface area contributed by atoms with Crippen molar-refractivity contribution in [2.24, 2.45) is 0 Å². The van der Waals surface area contributed by atoms with Gasteiger partial charge in [-0.3, -0.25) is 4.79 Å². The first kappa shape index (κ1) is 23.0. The highest BCUT2D eigenvalue weighted by molar-refractivity contribution is 5.70. The number of amides is 1. The molecule has 1 amide bonds. The topological polar surface area (TPSA) is 73.9 Å². The van der Waals surface area contributed by atoms with Gasteiger partial charge in [-0.2, -0.15) is 0 Å². The molecule has 0 aliphatic heterocycles. The first-order valence-corrected chi connectivity index (χ1v) is 9.22. The van der Waals surface area contributed by atoms with Crippen molar-refractivity contribution in [2.75, 3.05) is 13.2 Å². The van der Waals surface area contributed by atoms with Crippen LogP contribution in [0.1, 0.15) is 65.1 Å². The molecule has 0 fully saturated rings. The summed E-state index contributed by atoms with van der Waals surface area (Å²) in [6, 6.07) is 7.38. The Labute approximate surface area is 162 Å². The number of aryl methyl sites for hydroxylation is 1. The molecule has 0 spiro atoms. The molecule has 0 saturated carbocycles. The van der Waals surface area contributed by atoms with Crippen LogP contribution in [0.2, 0.25) is 0 Å². The number of hydrogen-bond donors (Lipinski definition) is 1. The Morgan fingerprint density at radius 2 is 1.59 bits per heavy atom. The first-order chi connectivity index (χ1) is 12.4. The van der Waals surface area contributed by atoms with E-state index in [1.807, 2.05) is 72.7 Å². The van der Waals surface area contributed by atoms with E-state index in [0.29, 0.717) is 0 Å². The second-order valence-corrected chi connectivity index (χ2v) is 8.47. The Balaban J connectivity index is 2.66. The molecule has 1 aromatic rings. The zero-order valence-corrected chi connectivity index (χ0v) is 17.5. The van der Waals surface area contributed by atoms with E-state index in [2.05, 4.69) is 5.32 Å². The van der Waals surface area contributed by atoms with Crippen molar-refractivity contribution < 1.29 is 23.8 Å². The van der Waals surface area contributed by atoms with Crippen LogP contribution in [0.15, 0.2) is 24.3 Å². The van der Waals surface area contributed by atoms with Crippen molar-refractivity contribution in [2.45, 2.75) is 72.1 Å². The molecule has 1 aromatic carbocycles. The second kappa shape index (κ2) is 9.74. The van der Waals surface area contributed by atoms with E-state index in [-0.39, 0.29) is 31.6 Å². The van der Waals surface area contributed by atoms with Crippen LogP contribution in [0.3, 0.4) is 0 Å². The Kier molecular flexibility index (Phi) is 8.28. The average Bonchev–Trinajstić information content (AvgIpc) is 2.47. The van der Waals surface area contributed by atoms with Crippen molar-refractivity contribution in [3.63, 3.8) is 0 Å². The lowest BCUT2D eigenvalue weighted by Gasteiger charge is -2.25. The largest absolute Gasteiger partial charge is 0.460 e. The Bertz CT molecular complexity index is 628. The third-order valence-corrected chi connectivity index (χ3v) is 3.41. The fraction of sp³-hybridized carbons (Fsp3) is 0.619. The van der Waals surface area contributed by atoms with Crippen LogP contribution in [0.25, 0.3) is 0 Å². The fourth-order valence-corrected chi connectivity index (χ4v) is 2.39. The van der Waals surface area contributed by atoms with Crippen molar-refractivity contribution in [1.82, 2.24) is 5.32 Å². The SMILES string of the molecule is Cc1ccccc1C(COCCC(=O)OC(C)(C)C)NC(=O)OC(C)(C)C. The molecule has 0 radical (unpaired) electrons. The Morgan fingerprint density at radius 1 is 1.00 bits per heavy atom. The molecule has 6 heteroatoms. The van der Waals surface area contributed by atoms with E-state index in [1.54, 1.807) is 0 Å². The molecular formula is C21H33NO5. The van der Waals surface area contributed by atoms with Gasteiger partial charge in [-0.1, -0.05) is 24.3 Å². The van der Waals surface area contributed by atoms with E-state index < -0.39 is 17.3 Å². The number of rotatable bonds is 7. The lowest BCUT2D eigenvalue weighted by molar-refractivity contribution is -0.156.